The number of carbonyl (C=O) groups is 1. The van der Waals surface area contributed by atoms with E-state index in [-0.39, 0.29) is 11.4 Å². The monoisotopic (exact) mass is 349 g/mol. The van der Waals surface area contributed by atoms with Crippen LogP contribution >= 0.6 is 0 Å². The van der Waals surface area contributed by atoms with Crippen molar-refractivity contribution in [3.63, 3.8) is 0 Å². The quantitative estimate of drug-likeness (QED) is 0.900. The number of benzene rings is 1. The van der Waals surface area contributed by atoms with Crippen LogP contribution in [0, 0.1) is 0 Å². The number of urea groups is 1. The molecule has 5 rings (SSSR count). The third kappa shape index (κ3) is 2.54. The van der Waals surface area contributed by atoms with Gasteiger partial charge in [0, 0.05) is 24.2 Å². The molecule has 0 bridgehead atoms. The number of hydrogen-bond donors (Lipinski definition) is 1. The Labute approximate surface area is 153 Å². The molecule has 1 aromatic carbocycles. The number of rotatable bonds is 2. The Hall–Kier alpha value is -2.56. The van der Waals surface area contributed by atoms with Crippen LogP contribution in [0.4, 0.5) is 10.6 Å². The topological polar surface area (TPSA) is 54.5 Å². The first-order valence-corrected chi connectivity index (χ1v) is 9.39. The molecule has 5 heteroatoms. The Kier molecular flexibility index (Phi) is 3.45. The molecule has 1 aliphatic heterocycles. The van der Waals surface area contributed by atoms with Crippen LogP contribution in [0.1, 0.15) is 41.6 Å². The minimum atomic E-state index is -0.0526. The third-order valence-electron chi connectivity index (χ3n) is 6.05. The number of aryl methyl sites for hydroxylation is 2. The van der Waals surface area contributed by atoms with E-state index in [9.17, 15) is 4.79 Å². The van der Waals surface area contributed by atoms with Crippen LogP contribution in [0.5, 0.6) is 5.75 Å². The number of aromatic nitrogens is 1. The van der Waals surface area contributed by atoms with E-state index in [4.69, 9.17) is 4.74 Å². The standard InChI is InChI=1S/C21H23N3O2/c1-26-16-7-5-15-12-24(13-21(9-10-21)17(15)11-16)20(25)23-19-8-6-14-3-2-4-18(14)22-19/h5-8,11H,2-4,9-10,12-13H2,1H3,(H,22,23,25). The first-order valence-electron chi connectivity index (χ1n) is 9.39. The SMILES string of the molecule is COc1ccc2c(c1)C1(CC1)CN(C(=O)Nc1ccc3c(n1)CCC3)C2. The highest BCUT2D eigenvalue weighted by Crippen LogP contribution is 2.53. The second-order valence-corrected chi connectivity index (χ2v) is 7.75. The third-order valence-corrected chi connectivity index (χ3v) is 6.05. The van der Waals surface area contributed by atoms with Gasteiger partial charge in [-0.2, -0.15) is 0 Å². The molecule has 1 N–H and O–H groups in total. The summed E-state index contributed by atoms with van der Waals surface area (Å²) in [6.07, 6.45) is 5.54. The maximum atomic E-state index is 12.9. The highest BCUT2D eigenvalue weighted by molar-refractivity contribution is 5.88. The summed E-state index contributed by atoms with van der Waals surface area (Å²) in [5.41, 5.74) is 5.16. The summed E-state index contributed by atoms with van der Waals surface area (Å²) < 4.78 is 5.39. The van der Waals surface area contributed by atoms with Gasteiger partial charge in [-0.3, -0.25) is 5.32 Å². The van der Waals surface area contributed by atoms with E-state index in [2.05, 4.69) is 28.5 Å². The maximum absolute atomic E-state index is 12.9. The van der Waals surface area contributed by atoms with Gasteiger partial charge in [0.1, 0.15) is 11.6 Å². The van der Waals surface area contributed by atoms with Crippen molar-refractivity contribution in [2.75, 3.05) is 19.0 Å². The predicted octanol–water partition coefficient (Wildman–Crippen LogP) is 3.66. The van der Waals surface area contributed by atoms with Crippen LogP contribution in [-0.2, 0) is 24.8 Å². The number of anilines is 1. The minimum absolute atomic E-state index is 0.0526. The Morgan fingerprint density at radius 1 is 1.19 bits per heavy atom. The van der Waals surface area contributed by atoms with Gasteiger partial charge in [-0.05, 0) is 67.0 Å². The van der Waals surface area contributed by atoms with Crippen molar-refractivity contribution in [1.29, 1.82) is 0 Å². The smallest absolute Gasteiger partial charge is 0.323 e. The molecule has 1 aromatic heterocycles. The lowest BCUT2D eigenvalue weighted by molar-refractivity contribution is 0.197. The van der Waals surface area contributed by atoms with Crippen LogP contribution in [-0.4, -0.2) is 29.6 Å². The number of pyridine rings is 1. The molecule has 0 atom stereocenters. The fraction of sp³-hybridized carbons (Fsp3) is 0.429. The molecular formula is C21H23N3O2. The molecule has 0 radical (unpaired) electrons. The van der Waals surface area contributed by atoms with Gasteiger partial charge in [0.2, 0.25) is 0 Å². The number of ether oxygens (including phenoxy) is 1. The summed E-state index contributed by atoms with van der Waals surface area (Å²) in [4.78, 5) is 19.4. The van der Waals surface area contributed by atoms with Gasteiger partial charge in [0.15, 0.2) is 0 Å². The lowest BCUT2D eigenvalue weighted by Gasteiger charge is -2.35. The molecule has 26 heavy (non-hydrogen) atoms. The molecule has 2 heterocycles. The Morgan fingerprint density at radius 3 is 2.85 bits per heavy atom. The summed E-state index contributed by atoms with van der Waals surface area (Å²) in [5, 5.41) is 3.01. The van der Waals surface area contributed by atoms with Crippen LogP contribution in [0.15, 0.2) is 30.3 Å². The molecule has 2 aromatic rings. The number of nitrogens with zero attached hydrogens (tertiary/aromatic N) is 2. The zero-order chi connectivity index (χ0) is 17.7. The van der Waals surface area contributed by atoms with Gasteiger partial charge in [0.25, 0.3) is 0 Å². The first-order chi connectivity index (χ1) is 12.7. The second-order valence-electron chi connectivity index (χ2n) is 7.75. The molecule has 0 saturated heterocycles. The van der Waals surface area contributed by atoms with Gasteiger partial charge in [0.05, 0.1) is 7.11 Å². The Balaban J connectivity index is 1.37. The molecular weight excluding hydrogens is 326 g/mol. The fourth-order valence-electron chi connectivity index (χ4n) is 4.43. The Bertz CT molecular complexity index is 889. The van der Waals surface area contributed by atoms with Crippen molar-refractivity contribution in [2.24, 2.45) is 0 Å². The Morgan fingerprint density at radius 2 is 2.04 bits per heavy atom. The normalized spacial score (nSPS) is 19.0. The van der Waals surface area contributed by atoms with E-state index < -0.39 is 0 Å². The zero-order valence-corrected chi connectivity index (χ0v) is 15.0. The second kappa shape index (κ2) is 5.73. The van der Waals surface area contributed by atoms with E-state index in [1.807, 2.05) is 17.0 Å². The minimum Gasteiger partial charge on any atom is -0.497 e. The van der Waals surface area contributed by atoms with Gasteiger partial charge < -0.3 is 9.64 Å². The summed E-state index contributed by atoms with van der Waals surface area (Å²) in [6.45, 7) is 1.40. The molecule has 5 nitrogen and oxygen atoms in total. The number of amides is 2. The molecule has 0 unspecified atom stereocenters. The number of hydrogen-bond acceptors (Lipinski definition) is 3. The largest absolute Gasteiger partial charge is 0.497 e. The molecule has 134 valence electrons. The van der Waals surface area contributed by atoms with E-state index >= 15 is 0 Å². The lowest BCUT2D eigenvalue weighted by Crippen LogP contribution is -2.43. The van der Waals surface area contributed by atoms with Gasteiger partial charge in [-0.25, -0.2) is 9.78 Å². The summed E-state index contributed by atoms with van der Waals surface area (Å²) >= 11 is 0. The van der Waals surface area contributed by atoms with E-state index in [0.717, 1.165) is 50.1 Å². The van der Waals surface area contributed by atoms with Gasteiger partial charge >= 0.3 is 6.03 Å². The number of carbonyl (C=O) groups excluding carboxylic acids is 1. The van der Waals surface area contributed by atoms with Crippen LogP contribution < -0.4 is 10.1 Å². The number of fused-ring (bicyclic) bond motifs is 3. The molecule has 1 fully saturated rings. The fourth-order valence-corrected chi connectivity index (χ4v) is 4.43. The molecule has 1 saturated carbocycles. The van der Waals surface area contributed by atoms with Crippen molar-refractivity contribution in [3.8, 4) is 5.75 Å². The molecule has 2 amide bonds. The van der Waals surface area contributed by atoms with Crippen molar-refractivity contribution >= 4 is 11.8 Å². The van der Waals surface area contributed by atoms with Crippen molar-refractivity contribution in [3.05, 3.63) is 52.7 Å². The van der Waals surface area contributed by atoms with Gasteiger partial charge in [-0.1, -0.05) is 12.1 Å². The first kappa shape index (κ1) is 15.7. The zero-order valence-electron chi connectivity index (χ0n) is 15.0. The number of methoxy groups -OCH3 is 1. The highest BCUT2D eigenvalue weighted by atomic mass is 16.5. The highest BCUT2D eigenvalue weighted by Gasteiger charge is 2.50. The van der Waals surface area contributed by atoms with Crippen LogP contribution in [0.25, 0.3) is 0 Å². The maximum Gasteiger partial charge on any atom is 0.323 e. The average Bonchev–Trinajstić information content (AvgIpc) is 3.26. The summed E-state index contributed by atoms with van der Waals surface area (Å²) in [7, 11) is 1.70. The number of nitrogens with one attached hydrogen (secondary N) is 1. The van der Waals surface area contributed by atoms with Crippen LogP contribution in [0.2, 0.25) is 0 Å². The summed E-state index contributed by atoms with van der Waals surface area (Å²) in [6, 6.07) is 10.2. The average molecular weight is 349 g/mol. The molecule has 1 spiro atoms. The lowest BCUT2D eigenvalue weighted by atomic mass is 9.87. The van der Waals surface area contributed by atoms with Crippen molar-refractivity contribution in [1.82, 2.24) is 9.88 Å². The van der Waals surface area contributed by atoms with Gasteiger partial charge in [-0.15, -0.1) is 0 Å². The van der Waals surface area contributed by atoms with Crippen molar-refractivity contribution in [2.45, 2.75) is 44.1 Å². The van der Waals surface area contributed by atoms with Crippen LogP contribution in [0.3, 0.4) is 0 Å². The molecule has 2 aliphatic carbocycles. The van der Waals surface area contributed by atoms with Crippen molar-refractivity contribution < 1.29 is 9.53 Å². The predicted molar refractivity (Wildman–Crippen MR) is 99.6 cm³/mol. The van der Waals surface area contributed by atoms with E-state index in [1.54, 1.807) is 7.11 Å². The van der Waals surface area contributed by atoms with E-state index in [1.165, 1.54) is 16.7 Å². The van der Waals surface area contributed by atoms with E-state index in [0.29, 0.717) is 12.4 Å². The summed E-state index contributed by atoms with van der Waals surface area (Å²) in [5.74, 6) is 1.57. The molecule has 3 aliphatic rings.